The van der Waals surface area contributed by atoms with Crippen molar-refractivity contribution < 1.29 is 4.79 Å². The van der Waals surface area contributed by atoms with Gasteiger partial charge in [-0.15, -0.1) is 0 Å². The first-order chi connectivity index (χ1) is 8.99. The fraction of sp³-hybridized carbons (Fsp3) is 0.500. The normalized spacial score (nSPS) is 16.8. The number of carbonyl (C=O) groups is 1. The van der Waals surface area contributed by atoms with E-state index in [9.17, 15) is 4.79 Å². The molecule has 0 radical (unpaired) electrons. The zero-order chi connectivity index (χ0) is 14.0. The number of halogens is 2. The van der Waals surface area contributed by atoms with E-state index in [1.165, 1.54) is 0 Å². The van der Waals surface area contributed by atoms with Crippen molar-refractivity contribution in [1.82, 2.24) is 10.2 Å². The van der Waals surface area contributed by atoms with Crippen LogP contribution >= 0.6 is 23.2 Å². The Morgan fingerprint density at radius 1 is 1.42 bits per heavy atom. The topological polar surface area (TPSA) is 32.3 Å². The van der Waals surface area contributed by atoms with Crippen LogP contribution in [-0.2, 0) is 11.3 Å². The standard InChI is InChI=1S/C14H18Cl2N2O/c1-9(11-6-17-7-11)14(19)18(2)8-10-3-4-12(15)13(16)5-10/h3-5,9,11,17H,6-8H2,1-2H3. The number of nitrogens with zero attached hydrogens (tertiary/aromatic N) is 1. The summed E-state index contributed by atoms with van der Waals surface area (Å²) in [5.41, 5.74) is 0.990. The molecule has 2 rings (SSSR count). The number of hydrogen-bond acceptors (Lipinski definition) is 2. The Hall–Kier alpha value is -0.770. The maximum atomic E-state index is 12.3. The Balaban J connectivity index is 1.97. The van der Waals surface area contributed by atoms with Crippen molar-refractivity contribution in [2.45, 2.75) is 13.5 Å². The first kappa shape index (κ1) is 14.6. The average Bonchev–Trinajstić information content (AvgIpc) is 2.30. The molecule has 1 aromatic carbocycles. The van der Waals surface area contributed by atoms with Crippen LogP contribution in [-0.4, -0.2) is 30.9 Å². The molecule has 1 aromatic rings. The molecule has 0 bridgehead atoms. The van der Waals surface area contributed by atoms with Crippen LogP contribution in [0, 0.1) is 11.8 Å². The number of benzene rings is 1. The van der Waals surface area contributed by atoms with Crippen LogP contribution in [0.5, 0.6) is 0 Å². The van der Waals surface area contributed by atoms with Gasteiger partial charge in [-0.2, -0.15) is 0 Å². The lowest BCUT2D eigenvalue weighted by Gasteiger charge is -2.34. The molecule has 1 N–H and O–H groups in total. The molecule has 1 saturated heterocycles. The van der Waals surface area contributed by atoms with Crippen LogP contribution in [0.4, 0.5) is 0 Å². The maximum absolute atomic E-state index is 12.3. The molecule has 0 aliphatic carbocycles. The zero-order valence-electron chi connectivity index (χ0n) is 11.1. The summed E-state index contributed by atoms with van der Waals surface area (Å²) >= 11 is 11.9. The molecule has 1 aliphatic rings. The molecular formula is C14H18Cl2N2O. The van der Waals surface area contributed by atoms with Gasteiger partial charge in [0.05, 0.1) is 10.0 Å². The second kappa shape index (κ2) is 6.12. The second-order valence-corrected chi connectivity index (χ2v) is 5.96. The minimum atomic E-state index is 0.0639. The smallest absolute Gasteiger partial charge is 0.225 e. The summed E-state index contributed by atoms with van der Waals surface area (Å²) in [7, 11) is 1.83. The van der Waals surface area contributed by atoms with E-state index in [1.54, 1.807) is 11.0 Å². The molecule has 1 aliphatic heterocycles. The number of hydrogen-bond donors (Lipinski definition) is 1. The van der Waals surface area contributed by atoms with Crippen LogP contribution in [0.2, 0.25) is 10.0 Å². The highest BCUT2D eigenvalue weighted by molar-refractivity contribution is 6.42. The van der Waals surface area contributed by atoms with Crippen molar-refractivity contribution in [1.29, 1.82) is 0 Å². The number of carbonyl (C=O) groups excluding carboxylic acids is 1. The van der Waals surface area contributed by atoms with Crippen molar-refractivity contribution in [3.63, 3.8) is 0 Å². The lowest BCUT2D eigenvalue weighted by Crippen LogP contribution is -2.49. The Labute approximate surface area is 123 Å². The monoisotopic (exact) mass is 300 g/mol. The van der Waals surface area contributed by atoms with Crippen molar-refractivity contribution in [3.05, 3.63) is 33.8 Å². The van der Waals surface area contributed by atoms with Gasteiger partial charge in [-0.1, -0.05) is 36.2 Å². The minimum Gasteiger partial charge on any atom is -0.341 e. The van der Waals surface area contributed by atoms with Crippen molar-refractivity contribution in [3.8, 4) is 0 Å². The quantitative estimate of drug-likeness (QED) is 0.927. The van der Waals surface area contributed by atoms with Gasteiger partial charge in [-0.3, -0.25) is 4.79 Å². The second-order valence-electron chi connectivity index (χ2n) is 5.15. The van der Waals surface area contributed by atoms with Gasteiger partial charge in [0, 0.05) is 19.5 Å². The highest BCUT2D eigenvalue weighted by atomic mass is 35.5. The van der Waals surface area contributed by atoms with Crippen LogP contribution in [0.3, 0.4) is 0 Å². The summed E-state index contributed by atoms with van der Waals surface area (Å²) in [5.74, 6) is 0.704. The third-order valence-electron chi connectivity index (χ3n) is 3.69. The van der Waals surface area contributed by atoms with Gasteiger partial charge in [0.15, 0.2) is 0 Å². The highest BCUT2D eigenvalue weighted by Crippen LogP contribution is 2.24. The number of nitrogens with one attached hydrogen (secondary N) is 1. The Morgan fingerprint density at radius 2 is 2.11 bits per heavy atom. The summed E-state index contributed by atoms with van der Waals surface area (Å²) in [6.07, 6.45) is 0. The van der Waals surface area contributed by atoms with E-state index >= 15 is 0 Å². The molecule has 1 atom stereocenters. The van der Waals surface area contributed by atoms with E-state index in [-0.39, 0.29) is 11.8 Å². The summed E-state index contributed by atoms with van der Waals surface area (Å²) in [6, 6.07) is 5.47. The molecule has 1 heterocycles. The Morgan fingerprint density at radius 3 is 2.63 bits per heavy atom. The first-order valence-corrected chi connectivity index (χ1v) is 7.14. The molecule has 1 unspecified atom stereocenters. The van der Waals surface area contributed by atoms with Gasteiger partial charge in [0.2, 0.25) is 5.91 Å². The fourth-order valence-electron chi connectivity index (χ4n) is 2.20. The molecule has 104 valence electrons. The Kier molecular flexibility index (Phi) is 4.71. The molecule has 0 aromatic heterocycles. The number of amides is 1. The van der Waals surface area contributed by atoms with Crippen LogP contribution < -0.4 is 5.32 Å². The van der Waals surface area contributed by atoms with Gasteiger partial charge >= 0.3 is 0 Å². The van der Waals surface area contributed by atoms with E-state index in [4.69, 9.17) is 23.2 Å². The minimum absolute atomic E-state index is 0.0639. The third-order valence-corrected chi connectivity index (χ3v) is 4.43. The summed E-state index contributed by atoms with van der Waals surface area (Å²) in [4.78, 5) is 14.0. The zero-order valence-corrected chi connectivity index (χ0v) is 12.6. The lowest BCUT2D eigenvalue weighted by atomic mass is 9.88. The van der Waals surface area contributed by atoms with Crippen LogP contribution in [0.1, 0.15) is 12.5 Å². The van der Waals surface area contributed by atoms with Gasteiger partial charge in [0.25, 0.3) is 0 Å². The van der Waals surface area contributed by atoms with E-state index in [0.29, 0.717) is 22.5 Å². The largest absolute Gasteiger partial charge is 0.341 e. The summed E-state index contributed by atoms with van der Waals surface area (Å²) in [5, 5.41) is 4.26. The molecule has 0 spiro atoms. The third kappa shape index (κ3) is 3.41. The summed E-state index contributed by atoms with van der Waals surface area (Å²) < 4.78 is 0. The van der Waals surface area contributed by atoms with E-state index in [1.807, 2.05) is 26.1 Å². The van der Waals surface area contributed by atoms with E-state index < -0.39 is 0 Å². The fourth-order valence-corrected chi connectivity index (χ4v) is 2.52. The van der Waals surface area contributed by atoms with Gasteiger partial charge in [-0.05, 0) is 36.7 Å². The van der Waals surface area contributed by atoms with Crippen LogP contribution in [0.25, 0.3) is 0 Å². The molecule has 3 nitrogen and oxygen atoms in total. The van der Waals surface area contributed by atoms with Crippen LogP contribution in [0.15, 0.2) is 18.2 Å². The Bertz CT molecular complexity index is 475. The molecule has 1 amide bonds. The molecular weight excluding hydrogens is 283 g/mol. The highest BCUT2D eigenvalue weighted by Gasteiger charge is 2.30. The SMILES string of the molecule is CC(C(=O)N(C)Cc1ccc(Cl)c(Cl)c1)C1CNC1. The van der Waals surface area contributed by atoms with Crippen molar-refractivity contribution in [2.75, 3.05) is 20.1 Å². The molecule has 1 fully saturated rings. The predicted molar refractivity (Wildman–Crippen MR) is 78.5 cm³/mol. The first-order valence-electron chi connectivity index (χ1n) is 6.38. The maximum Gasteiger partial charge on any atom is 0.225 e. The molecule has 5 heteroatoms. The predicted octanol–water partition coefficient (Wildman–Crippen LogP) is 2.81. The van der Waals surface area contributed by atoms with E-state index in [2.05, 4.69) is 5.32 Å². The number of rotatable bonds is 4. The van der Waals surface area contributed by atoms with Gasteiger partial charge in [0.1, 0.15) is 0 Å². The van der Waals surface area contributed by atoms with Gasteiger partial charge in [-0.25, -0.2) is 0 Å². The van der Waals surface area contributed by atoms with Crippen molar-refractivity contribution in [2.24, 2.45) is 11.8 Å². The van der Waals surface area contributed by atoms with Gasteiger partial charge < -0.3 is 10.2 Å². The summed E-state index contributed by atoms with van der Waals surface area (Å²) in [6.45, 7) is 4.43. The van der Waals surface area contributed by atoms with Crippen molar-refractivity contribution >= 4 is 29.1 Å². The van der Waals surface area contributed by atoms with E-state index in [0.717, 1.165) is 18.7 Å². The lowest BCUT2D eigenvalue weighted by molar-refractivity contribution is -0.136. The molecule has 19 heavy (non-hydrogen) atoms. The average molecular weight is 301 g/mol. The molecule has 0 saturated carbocycles.